The van der Waals surface area contributed by atoms with Crippen LogP contribution in [0.2, 0.25) is 0 Å². The summed E-state index contributed by atoms with van der Waals surface area (Å²) in [4.78, 5) is 21.1. The summed E-state index contributed by atoms with van der Waals surface area (Å²) in [6.45, 7) is 7.35. The molecule has 1 atom stereocenters. The highest BCUT2D eigenvalue weighted by Gasteiger charge is 2.16. The van der Waals surface area contributed by atoms with E-state index in [-0.39, 0.29) is 12.0 Å². The van der Waals surface area contributed by atoms with E-state index < -0.39 is 0 Å². The molecule has 0 radical (unpaired) electrons. The molecule has 1 fully saturated rings. The van der Waals surface area contributed by atoms with Crippen molar-refractivity contribution in [3.05, 3.63) is 46.9 Å². The molecule has 2 heterocycles. The summed E-state index contributed by atoms with van der Waals surface area (Å²) < 4.78 is 5.60. The van der Waals surface area contributed by atoms with E-state index in [0.29, 0.717) is 23.9 Å². The topological polar surface area (TPSA) is 76.1 Å². The number of hydrogen-bond donors (Lipinski definition) is 2. The second-order valence-electron chi connectivity index (χ2n) is 6.45. The van der Waals surface area contributed by atoms with Gasteiger partial charge in [0.1, 0.15) is 17.3 Å². The summed E-state index contributed by atoms with van der Waals surface area (Å²) in [5.74, 6) is 0.963. The van der Waals surface area contributed by atoms with Crippen LogP contribution in [0.25, 0.3) is 0 Å². The predicted octanol–water partition coefficient (Wildman–Crippen LogP) is 3.25. The average molecular weight is 340 g/mol. The summed E-state index contributed by atoms with van der Waals surface area (Å²) in [7, 11) is 0. The Morgan fingerprint density at radius 2 is 2.04 bits per heavy atom. The van der Waals surface area contributed by atoms with Crippen molar-refractivity contribution in [2.75, 3.05) is 23.8 Å². The molecule has 0 saturated carbocycles. The average Bonchev–Trinajstić information content (AvgIpc) is 3.09. The van der Waals surface area contributed by atoms with Crippen LogP contribution in [0.5, 0.6) is 0 Å². The van der Waals surface area contributed by atoms with E-state index in [1.807, 2.05) is 32.0 Å². The van der Waals surface area contributed by atoms with Crippen molar-refractivity contribution in [3.63, 3.8) is 0 Å². The first-order valence-corrected chi connectivity index (χ1v) is 8.61. The normalized spacial score (nSPS) is 16.7. The first-order chi connectivity index (χ1) is 12.0. The largest absolute Gasteiger partial charge is 0.376 e. The van der Waals surface area contributed by atoms with Gasteiger partial charge in [-0.2, -0.15) is 0 Å². The number of nitrogens with one attached hydrogen (secondary N) is 2. The van der Waals surface area contributed by atoms with Crippen molar-refractivity contribution in [2.24, 2.45) is 0 Å². The molecule has 1 aliphatic rings. The van der Waals surface area contributed by atoms with Gasteiger partial charge in [0.05, 0.1) is 6.10 Å². The van der Waals surface area contributed by atoms with Gasteiger partial charge in [0.15, 0.2) is 0 Å². The summed E-state index contributed by atoms with van der Waals surface area (Å²) in [6.07, 6.45) is 2.36. The fourth-order valence-electron chi connectivity index (χ4n) is 2.81. The molecule has 2 N–H and O–H groups in total. The highest BCUT2D eigenvalue weighted by Crippen LogP contribution is 2.17. The molecule has 1 saturated heterocycles. The quantitative estimate of drug-likeness (QED) is 0.874. The molecule has 2 aromatic rings. The van der Waals surface area contributed by atoms with E-state index in [4.69, 9.17) is 4.74 Å². The zero-order valence-electron chi connectivity index (χ0n) is 14.9. The Morgan fingerprint density at radius 3 is 2.76 bits per heavy atom. The first-order valence-electron chi connectivity index (χ1n) is 8.61. The number of amides is 1. The molecule has 1 aliphatic heterocycles. The predicted molar refractivity (Wildman–Crippen MR) is 98.1 cm³/mol. The monoisotopic (exact) mass is 340 g/mol. The number of hydrogen-bond acceptors (Lipinski definition) is 5. The van der Waals surface area contributed by atoms with Crippen molar-refractivity contribution in [1.82, 2.24) is 9.97 Å². The molecule has 25 heavy (non-hydrogen) atoms. The van der Waals surface area contributed by atoms with Crippen molar-refractivity contribution in [3.8, 4) is 0 Å². The molecule has 0 aliphatic carbocycles. The SMILES string of the molecule is Cc1nc(NCC2CCCO2)cc(C(=O)Nc2ccc(C)c(C)c2)n1. The molecule has 3 rings (SSSR count). The number of ether oxygens (including phenoxy) is 1. The van der Waals surface area contributed by atoms with Crippen LogP contribution in [-0.2, 0) is 4.74 Å². The lowest BCUT2D eigenvalue weighted by Crippen LogP contribution is -2.20. The van der Waals surface area contributed by atoms with Gasteiger partial charge in [-0.1, -0.05) is 6.07 Å². The van der Waals surface area contributed by atoms with Crippen LogP contribution in [-0.4, -0.2) is 35.1 Å². The lowest BCUT2D eigenvalue weighted by atomic mass is 10.1. The highest BCUT2D eigenvalue weighted by atomic mass is 16.5. The Labute approximate surface area is 148 Å². The van der Waals surface area contributed by atoms with E-state index in [1.165, 1.54) is 5.56 Å². The van der Waals surface area contributed by atoms with Crippen molar-refractivity contribution in [1.29, 1.82) is 0 Å². The molecule has 6 heteroatoms. The Balaban J connectivity index is 1.69. The molecule has 1 aromatic heterocycles. The van der Waals surface area contributed by atoms with Gasteiger partial charge in [-0.25, -0.2) is 9.97 Å². The molecular formula is C19H24N4O2. The van der Waals surface area contributed by atoms with E-state index in [2.05, 4.69) is 20.6 Å². The Morgan fingerprint density at radius 1 is 1.20 bits per heavy atom. The zero-order chi connectivity index (χ0) is 17.8. The van der Waals surface area contributed by atoms with Gasteiger partial charge in [0, 0.05) is 24.9 Å². The maximum atomic E-state index is 12.5. The number of aryl methyl sites for hydroxylation is 3. The molecule has 1 aromatic carbocycles. The summed E-state index contributed by atoms with van der Waals surface area (Å²) in [5.41, 5.74) is 3.44. The van der Waals surface area contributed by atoms with E-state index in [0.717, 1.165) is 30.7 Å². The first kappa shape index (κ1) is 17.4. The Hall–Kier alpha value is -2.47. The fourth-order valence-corrected chi connectivity index (χ4v) is 2.81. The van der Waals surface area contributed by atoms with Gasteiger partial charge >= 0.3 is 0 Å². The van der Waals surface area contributed by atoms with Gasteiger partial charge < -0.3 is 15.4 Å². The van der Waals surface area contributed by atoms with Crippen LogP contribution in [0.3, 0.4) is 0 Å². The van der Waals surface area contributed by atoms with Gasteiger partial charge in [-0.3, -0.25) is 4.79 Å². The van der Waals surface area contributed by atoms with E-state index in [9.17, 15) is 4.79 Å². The highest BCUT2D eigenvalue weighted by molar-refractivity contribution is 6.03. The molecular weight excluding hydrogens is 316 g/mol. The minimum atomic E-state index is -0.242. The summed E-state index contributed by atoms with van der Waals surface area (Å²) in [6, 6.07) is 7.52. The number of carbonyl (C=O) groups is 1. The number of anilines is 2. The third-order valence-corrected chi connectivity index (χ3v) is 4.37. The van der Waals surface area contributed by atoms with E-state index >= 15 is 0 Å². The molecule has 1 unspecified atom stereocenters. The maximum absolute atomic E-state index is 12.5. The molecule has 132 valence electrons. The Kier molecular flexibility index (Phi) is 5.28. The van der Waals surface area contributed by atoms with Crippen molar-refractivity contribution < 1.29 is 9.53 Å². The van der Waals surface area contributed by atoms with Crippen LogP contribution in [0, 0.1) is 20.8 Å². The van der Waals surface area contributed by atoms with Crippen molar-refractivity contribution >= 4 is 17.4 Å². The minimum Gasteiger partial charge on any atom is -0.376 e. The lowest BCUT2D eigenvalue weighted by molar-refractivity contribution is 0.102. The van der Waals surface area contributed by atoms with Crippen LogP contribution in [0.15, 0.2) is 24.3 Å². The summed E-state index contributed by atoms with van der Waals surface area (Å²) in [5, 5.41) is 6.14. The minimum absolute atomic E-state index is 0.211. The summed E-state index contributed by atoms with van der Waals surface area (Å²) >= 11 is 0. The maximum Gasteiger partial charge on any atom is 0.274 e. The lowest BCUT2D eigenvalue weighted by Gasteiger charge is -2.13. The zero-order valence-corrected chi connectivity index (χ0v) is 14.9. The number of rotatable bonds is 5. The van der Waals surface area contributed by atoms with E-state index in [1.54, 1.807) is 13.0 Å². The van der Waals surface area contributed by atoms with Gasteiger partial charge in [0.2, 0.25) is 0 Å². The van der Waals surface area contributed by atoms with Crippen LogP contribution >= 0.6 is 0 Å². The molecule has 0 spiro atoms. The number of benzene rings is 1. The second kappa shape index (κ2) is 7.61. The van der Waals surface area contributed by atoms with Crippen LogP contribution in [0.1, 0.15) is 40.3 Å². The number of aromatic nitrogens is 2. The standard InChI is InChI=1S/C19H24N4O2/c1-12-6-7-15(9-13(12)2)23-19(24)17-10-18(22-14(3)21-17)20-11-16-5-4-8-25-16/h6-7,9-10,16H,4-5,8,11H2,1-3H3,(H,23,24)(H,20,21,22). The third-order valence-electron chi connectivity index (χ3n) is 4.37. The second-order valence-corrected chi connectivity index (χ2v) is 6.45. The van der Waals surface area contributed by atoms with Gasteiger partial charge in [-0.15, -0.1) is 0 Å². The fraction of sp³-hybridized carbons (Fsp3) is 0.421. The number of nitrogens with zero attached hydrogens (tertiary/aromatic N) is 2. The molecule has 0 bridgehead atoms. The number of carbonyl (C=O) groups excluding carboxylic acids is 1. The molecule has 6 nitrogen and oxygen atoms in total. The Bertz CT molecular complexity index is 770. The van der Waals surface area contributed by atoms with Crippen LogP contribution < -0.4 is 10.6 Å². The van der Waals surface area contributed by atoms with Crippen molar-refractivity contribution in [2.45, 2.75) is 39.7 Å². The smallest absolute Gasteiger partial charge is 0.274 e. The van der Waals surface area contributed by atoms with Crippen LogP contribution in [0.4, 0.5) is 11.5 Å². The third kappa shape index (κ3) is 4.54. The molecule has 1 amide bonds. The van der Waals surface area contributed by atoms with Gasteiger partial charge in [0.25, 0.3) is 5.91 Å². The van der Waals surface area contributed by atoms with Gasteiger partial charge in [-0.05, 0) is 56.9 Å².